The van der Waals surface area contributed by atoms with E-state index < -0.39 is 40.8 Å². The Hall–Kier alpha value is -1.64. The Morgan fingerprint density at radius 1 is 1.65 bits per heavy atom. The van der Waals surface area contributed by atoms with Gasteiger partial charge in [0.05, 0.1) is 15.8 Å². The van der Waals surface area contributed by atoms with Gasteiger partial charge in [0, 0.05) is 6.07 Å². The Bertz CT molecular complexity index is 481. The van der Waals surface area contributed by atoms with Crippen molar-refractivity contribution in [1.29, 1.82) is 0 Å². The number of pyridine rings is 1. The van der Waals surface area contributed by atoms with Crippen LogP contribution in [-0.4, -0.2) is 21.0 Å². The molecule has 17 heavy (non-hydrogen) atoms. The first kappa shape index (κ1) is 13.4. The minimum absolute atomic E-state index is 0.228. The van der Waals surface area contributed by atoms with Gasteiger partial charge in [0.15, 0.2) is 0 Å². The number of halogens is 3. The monoisotopic (exact) mass is 310 g/mol. The fraction of sp³-hybridized carbons (Fsp3) is 0.250. The summed E-state index contributed by atoms with van der Waals surface area (Å²) in [5.41, 5.74) is -1.82. The van der Waals surface area contributed by atoms with Crippen molar-refractivity contribution >= 4 is 27.6 Å². The molecule has 1 heterocycles. The van der Waals surface area contributed by atoms with Crippen LogP contribution in [0.15, 0.2) is 10.5 Å². The zero-order valence-corrected chi connectivity index (χ0v) is 9.65. The van der Waals surface area contributed by atoms with Crippen molar-refractivity contribution in [2.45, 2.75) is 12.8 Å². The molecule has 0 saturated carbocycles. The number of carboxylic acids is 1. The van der Waals surface area contributed by atoms with Crippen LogP contribution in [0.2, 0.25) is 0 Å². The maximum Gasteiger partial charge on any atom is 0.309 e. The molecule has 0 fully saturated rings. The molecule has 0 atom stereocenters. The molecular formula is C8H5BrF2N2O4. The number of hydrogen-bond acceptors (Lipinski definition) is 4. The number of hydrogen-bond donors (Lipinski definition) is 1. The summed E-state index contributed by atoms with van der Waals surface area (Å²) in [5.74, 6) is -1.39. The van der Waals surface area contributed by atoms with E-state index in [1.165, 1.54) is 0 Å². The molecular weight excluding hydrogens is 306 g/mol. The third kappa shape index (κ3) is 3.16. The van der Waals surface area contributed by atoms with Crippen LogP contribution in [0.25, 0.3) is 0 Å². The van der Waals surface area contributed by atoms with Gasteiger partial charge in [-0.2, -0.15) is 0 Å². The van der Waals surface area contributed by atoms with Gasteiger partial charge in [-0.05, 0) is 15.9 Å². The van der Waals surface area contributed by atoms with E-state index in [1.807, 2.05) is 0 Å². The molecule has 6 nitrogen and oxygen atoms in total. The summed E-state index contributed by atoms with van der Waals surface area (Å²) >= 11 is 2.72. The van der Waals surface area contributed by atoms with Gasteiger partial charge in [-0.1, -0.05) is 0 Å². The fourth-order valence-corrected chi connectivity index (χ4v) is 1.60. The van der Waals surface area contributed by atoms with Crippen molar-refractivity contribution in [3.63, 3.8) is 0 Å². The van der Waals surface area contributed by atoms with Crippen LogP contribution in [0.1, 0.15) is 17.8 Å². The molecule has 0 radical (unpaired) electrons. The van der Waals surface area contributed by atoms with E-state index in [-0.39, 0.29) is 4.47 Å². The number of carbonyl (C=O) groups is 1. The number of nitrogens with zero attached hydrogens (tertiary/aromatic N) is 2. The number of aliphatic carboxylic acids is 1. The average Bonchev–Trinajstić information content (AvgIpc) is 2.18. The highest BCUT2D eigenvalue weighted by Gasteiger charge is 2.24. The smallest absolute Gasteiger partial charge is 0.309 e. The van der Waals surface area contributed by atoms with E-state index in [1.54, 1.807) is 0 Å². The van der Waals surface area contributed by atoms with E-state index in [0.717, 1.165) is 6.07 Å². The van der Waals surface area contributed by atoms with Gasteiger partial charge < -0.3 is 5.11 Å². The summed E-state index contributed by atoms with van der Waals surface area (Å²) in [7, 11) is 0. The fourth-order valence-electron chi connectivity index (χ4n) is 1.12. The molecule has 0 unspecified atom stereocenters. The SMILES string of the molecule is O=C(O)Cc1nc(C(F)F)c(Br)cc1[N+](=O)[O-]. The molecule has 1 rings (SSSR count). The lowest BCUT2D eigenvalue weighted by atomic mass is 10.2. The van der Waals surface area contributed by atoms with Gasteiger partial charge in [-0.3, -0.25) is 14.9 Å². The van der Waals surface area contributed by atoms with Crippen molar-refractivity contribution in [2.75, 3.05) is 0 Å². The Morgan fingerprint density at radius 3 is 2.65 bits per heavy atom. The van der Waals surface area contributed by atoms with Crippen LogP contribution >= 0.6 is 15.9 Å². The van der Waals surface area contributed by atoms with Crippen molar-refractivity contribution in [2.24, 2.45) is 0 Å². The second-order valence-electron chi connectivity index (χ2n) is 2.95. The van der Waals surface area contributed by atoms with Crippen LogP contribution in [0.5, 0.6) is 0 Å². The highest BCUT2D eigenvalue weighted by molar-refractivity contribution is 9.10. The highest BCUT2D eigenvalue weighted by atomic mass is 79.9. The normalized spacial score (nSPS) is 10.6. The van der Waals surface area contributed by atoms with E-state index in [9.17, 15) is 23.7 Å². The Labute approximate surface area is 102 Å². The molecule has 0 saturated heterocycles. The summed E-state index contributed by atoms with van der Waals surface area (Å²) < 4.78 is 24.7. The number of rotatable bonds is 4. The number of carboxylic acid groups (broad SMARTS) is 1. The van der Waals surface area contributed by atoms with E-state index in [4.69, 9.17) is 5.11 Å². The Kier molecular flexibility index (Phi) is 4.05. The largest absolute Gasteiger partial charge is 0.481 e. The first-order valence-corrected chi connectivity index (χ1v) is 4.96. The average molecular weight is 311 g/mol. The van der Waals surface area contributed by atoms with E-state index in [0.29, 0.717) is 0 Å². The standard InChI is InChI=1S/C8H5BrF2N2O4/c9-3-1-5(13(16)17)4(2-6(14)15)12-7(3)8(10)11/h1,8H,2H2,(H,14,15). The molecule has 9 heteroatoms. The van der Waals surface area contributed by atoms with Gasteiger partial charge in [-0.25, -0.2) is 13.8 Å². The summed E-state index contributed by atoms with van der Waals surface area (Å²) in [6.07, 6.45) is -3.73. The molecule has 0 aliphatic rings. The molecule has 0 aromatic carbocycles. The maximum absolute atomic E-state index is 12.5. The summed E-state index contributed by atoms with van der Waals surface area (Å²) in [4.78, 5) is 23.5. The zero-order chi connectivity index (χ0) is 13.2. The molecule has 0 amide bonds. The summed E-state index contributed by atoms with van der Waals surface area (Å²) in [5, 5.41) is 19.1. The number of nitro groups is 1. The Morgan fingerprint density at radius 2 is 2.24 bits per heavy atom. The number of aromatic nitrogens is 1. The second-order valence-corrected chi connectivity index (χ2v) is 3.80. The van der Waals surface area contributed by atoms with Crippen LogP contribution in [-0.2, 0) is 11.2 Å². The molecule has 0 bridgehead atoms. The van der Waals surface area contributed by atoms with Gasteiger partial charge in [0.25, 0.3) is 12.1 Å². The van der Waals surface area contributed by atoms with Gasteiger partial charge in [0.1, 0.15) is 11.4 Å². The van der Waals surface area contributed by atoms with Crippen LogP contribution in [0.4, 0.5) is 14.5 Å². The number of alkyl halides is 2. The molecule has 0 spiro atoms. The van der Waals surface area contributed by atoms with Crippen LogP contribution < -0.4 is 0 Å². The molecule has 92 valence electrons. The third-order valence-corrected chi connectivity index (χ3v) is 2.42. The molecule has 1 aromatic heterocycles. The van der Waals surface area contributed by atoms with E-state index >= 15 is 0 Å². The third-order valence-electron chi connectivity index (χ3n) is 1.78. The minimum Gasteiger partial charge on any atom is -0.481 e. The first-order chi connectivity index (χ1) is 7.82. The van der Waals surface area contributed by atoms with Gasteiger partial charge >= 0.3 is 5.97 Å². The topological polar surface area (TPSA) is 93.3 Å². The predicted octanol–water partition coefficient (Wildman–Crippen LogP) is 2.32. The van der Waals surface area contributed by atoms with Crippen molar-refractivity contribution < 1.29 is 23.6 Å². The second kappa shape index (κ2) is 5.13. The molecule has 1 aromatic rings. The molecule has 0 aliphatic carbocycles. The van der Waals surface area contributed by atoms with Crippen molar-refractivity contribution in [1.82, 2.24) is 4.98 Å². The minimum atomic E-state index is -2.95. The predicted molar refractivity (Wildman–Crippen MR) is 54.9 cm³/mol. The molecule has 0 aliphatic heterocycles. The molecule has 1 N–H and O–H groups in total. The lowest BCUT2D eigenvalue weighted by molar-refractivity contribution is -0.386. The lowest BCUT2D eigenvalue weighted by Gasteiger charge is -2.05. The lowest BCUT2D eigenvalue weighted by Crippen LogP contribution is -2.08. The van der Waals surface area contributed by atoms with Gasteiger partial charge in [-0.15, -0.1) is 0 Å². The Balaban J connectivity index is 3.36. The maximum atomic E-state index is 12.5. The van der Waals surface area contributed by atoms with Crippen LogP contribution in [0, 0.1) is 10.1 Å². The van der Waals surface area contributed by atoms with Gasteiger partial charge in [0.2, 0.25) is 0 Å². The zero-order valence-electron chi connectivity index (χ0n) is 8.06. The quantitative estimate of drug-likeness (QED) is 0.680. The van der Waals surface area contributed by atoms with Crippen molar-refractivity contribution in [3.05, 3.63) is 32.0 Å². The highest BCUT2D eigenvalue weighted by Crippen LogP contribution is 2.30. The summed E-state index contributed by atoms with van der Waals surface area (Å²) in [6.45, 7) is 0. The summed E-state index contributed by atoms with van der Waals surface area (Å²) in [6, 6.07) is 0.826. The van der Waals surface area contributed by atoms with E-state index in [2.05, 4.69) is 20.9 Å². The first-order valence-electron chi connectivity index (χ1n) is 4.16. The van der Waals surface area contributed by atoms with Crippen LogP contribution in [0.3, 0.4) is 0 Å². The van der Waals surface area contributed by atoms with Crippen molar-refractivity contribution in [3.8, 4) is 0 Å².